The Bertz CT molecular complexity index is 490. The summed E-state index contributed by atoms with van der Waals surface area (Å²) in [4.78, 5) is 27.8. The van der Waals surface area contributed by atoms with Crippen LogP contribution in [0.1, 0.15) is 20.3 Å². The summed E-state index contributed by atoms with van der Waals surface area (Å²) < 4.78 is 5.44. The molecule has 1 saturated heterocycles. The highest BCUT2D eigenvalue weighted by molar-refractivity contribution is 5.98. The summed E-state index contributed by atoms with van der Waals surface area (Å²) in [6.45, 7) is 5.48. The van der Waals surface area contributed by atoms with Gasteiger partial charge in [-0.2, -0.15) is 0 Å². The SMILES string of the molecule is CCCO[C@H](C)C(=O)N1CCN(c2ccccc2)C(=O)C1. The van der Waals surface area contributed by atoms with E-state index < -0.39 is 6.10 Å². The molecule has 21 heavy (non-hydrogen) atoms. The van der Waals surface area contributed by atoms with Gasteiger partial charge in [0, 0.05) is 25.4 Å². The molecule has 1 aliphatic rings. The van der Waals surface area contributed by atoms with Crippen LogP contribution in [0.25, 0.3) is 0 Å². The first kappa shape index (κ1) is 15.5. The number of amides is 2. The molecule has 0 bridgehead atoms. The predicted octanol–water partition coefficient (Wildman–Crippen LogP) is 1.68. The van der Waals surface area contributed by atoms with Crippen molar-refractivity contribution in [3.63, 3.8) is 0 Å². The van der Waals surface area contributed by atoms with E-state index in [0.29, 0.717) is 19.7 Å². The van der Waals surface area contributed by atoms with Gasteiger partial charge in [0.05, 0.1) is 0 Å². The maximum absolute atomic E-state index is 12.2. The van der Waals surface area contributed by atoms with E-state index in [1.807, 2.05) is 37.3 Å². The summed E-state index contributed by atoms with van der Waals surface area (Å²) in [6.07, 6.45) is 0.388. The molecule has 1 fully saturated rings. The van der Waals surface area contributed by atoms with Crippen LogP contribution in [0.15, 0.2) is 30.3 Å². The fourth-order valence-electron chi connectivity index (χ4n) is 2.37. The first-order valence-corrected chi connectivity index (χ1v) is 7.39. The molecule has 1 atom stereocenters. The molecule has 0 unspecified atom stereocenters. The zero-order valence-corrected chi connectivity index (χ0v) is 12.6. The number of hydrogen-bond acceptors (Lipinski definition) is 3. The normalized spacial score (nSPS) is 17.0. The van der Waals surface area contributed by atoms with Gasteiger partial charge in [0.15, 0.2) is 0 Å². The van der Waals surface area contributed by atoms with Crippen LogP contribution in [0.3, 0.4) is 0 Å². The van der Waals surface area contributed by atoms with Crippen molar-refractivity contribution < 1.29 is 14.3 Å². The van der Waals surface area contributed by atoms with Gasteiger partial charge in [-0.15, -0.1) is 0 Å². The number of piperazine rings is 1. The number of benzene rings is 1. The molecule has 0 radical (unpaired) electrons. The van der Waals surface area contributed by atoms with E-state index in [9.17, 15) is 9.59 Å². The third-order valence-electron chi connectivity index (χ3n) is 3.52. The molecule has 1 aliphatic heterocycles. The van der Waals surface area contributed by atoms with Gasteiger partial charge in [0.2, 0.25) is 5.91 Å². The summed E-state index contributed by atoms with van der Waals surface area (Å²) in [7, 11) is 0. The largest absolute Gasteiger partial charge is 0.369 e. The average molecular weight is 290 g/mol. The van der Waals surface area contributed by atoms with E-state index in [-0.39, 0.29) is 18.4 Å². The lowest BCUT2D eigenvalue weighted by Crippen LogP contribution is -2.54. The van der Waals surface area contributed by atoms with Crippen LogP contribution in [-0.4, -0.2) is 49.1 Å². The first-order chi connectivity index (χ1) is 10.1. The number of para-hydroxylation sites is 1. The minimum Gasteiger partial charge on any atom is -0.369 e. The van der Waals surface area contributed by atoms with Gasteiger partial charge in [-0.05, 0) is 25.5 Å². The molecule has 1 aromatic rings. The van der Waals surface area contributed by atoms with Gasteiger partial charge in [-0.1, -0.05) is 25.1 Å². The zero-order valence-electron chi connectivity index (χ0n) is 12.6. The predicted molar refractivity (Wildman–Crippen MR) is 81.1 cm³/mol. The molecular formula is C16H22N2O3. The van der Waals surface area contributed by atoms with Crippen molar-refractivity contribution in [3.8, 4) is 0 Å². The van der Waals surface area contributed by atoms with Gasteiger partial charge in [-0.3, -0.25) is 9.59 Å². The van der Waals surface area contributed by atoms with Crippen molar-refractivity contribution in [2.75, 3.05) is 31.1 Å². The fourth-order valence-corrected chi connectivity index (χ4v) is 2.37. The van der Waals surface area contributed by atoms with Gasteiger partial charge in [0.25, 0.3) is 5.91 Å². The molecule has 0 spiro atoms. The molecule has 0 aliphatic carbocycles. The Hall–Kier alpha value is -1.88. The Kier molecular flexibility index (Phi) is 5.33. The van der Waals surface area contributed by atoms with Crippen LogP contribution >= 0.6 is 0 Å². The topological polar surface area (TPSA) is 49.9 Å². The van der Waals surface area contributed by atoms with E-state index in [1.165, 1.54) is 0 Å². The second-order valence-corrected chi connectivity index (χ2v) is 5.15. The number of ether oxygens (including phenoxy) is 1. The zero-order chi connectivity index (χ0) is 15.2. The highest BCUT2D eigenvalue weighted by Crippen LogP contribution is 2.17. The lowest BCUT2D eigenvalue weighted by molar-refractivity contribution is -0.146. The van der Waals surface area contributed by atoms with Crippen molar-refractivity contribution in [3.05, 3.63) is 30.3 Å². The van der Waals surface area contributed by atoms with Crippen molar-refractivity contribution in [2.45, 2.75) is 26.4 Å². The first-order valence-electron chi connectivity index (χ1n) is 7.39. The molecular weight excluding hydrogens is 268 g/mol. The minimum atomic E-state index is -0.485. The van der Waals surface area contributed by atoms with Gasteiger partial charge in [-0.25, -0.2) is 0 Å². The second-order valence-electron chi connectivity index (χ2n) is 5.15. The molecule has 2 amide bonds. The summed E-state index contributed by atoms with van der Waals surface area (Å²) in [6, 6.07) is 9.53. The third kappa shape index (κ3) is 3.82. The molecule has 5 nitrogen and oxygen atoms in total. The summed E-state index contributed by atoms with van der Waals surface area (Å²) in [5.74, 6) is -0.159. The Balaban J connectivity index is 1.94. The lowest BCUT2D eigenvalue weighted by atomic mass is 10.2. The number of anilines is 1. The van der Waals surface area contributed by atoms with E-state index in [2.05, 4.69) is 0 Å². The molecule has 0 saturated carbocycles. The molecule has 5 heteroatoms. The maximum atomic E-state index is 12.2. The van der Waals surface area contributed by atoms with E-state index in [0.717, 1.165) is 12.1 Å². The molecule has 0 N–H and O–H groups in total. The Labute approximate surface area is 125 Å². The Morgan fingerprint density at radius 2 is 2.00 bits per heavy atom. The van der Waals surface area contributed by atoms with Crippen LogP contribution in [0.2, 0.25) is 0 Å². The second kappa shape index (κ2) is 7.22. The van der Waals surface area contributed by atoms with Gasteiger partial charge >= 0.3 is 0 Å². The van der Waals surface area contributed by atoms with E-state index >= 15 is 0 Å². The highest BCUT2D eigenvalue weighted by atomic mass is 16.5. The smallest absolute Gasteiger partial charge is 0.251 e. The molecule has 0 aromatic heterocycles. The van der Waals surface area contributed by atoms with Crippen molar-refractivity contribution in [1.82, 2.24) is 4.90 Å². The molecule has 1 aromatic carbocycles. The van der Waals surface area contributed by atoms with Crippen molar-refractivity contribution >= 4 is 17.5 Å². The van der Waals surface area contributed by atoms with Crippen LogP contribution < -0.4 is 4.90 Å². The maximum Gasteiger partial charge on any atom is 0.251 e. The quantitative estimate of drug-likeness (QED) is 0.829. The number of hydrogen-bond donors (Lipinski definition) is 0. The average Bonchev–Trinajstić information content (AvgIpc) is 2.52. The number of carbonyl (C=O) groups excluding carboxylic acids is 2. The van der Waals surface area contributed by atoms with Gasteiger partial charge < -0.3 is 14.5 Å². The third-order valence-corrected chi connectivity index (χ3v) is 3.52. The van der Waals surface area contributed by atoms with E-state index in [1.54, 1.807) is 16.7 Å². The molecule has 1 heterocycles. The molecule has 2 rings (SSSR count). The van der Waals surface area contributed by atoms with Crippen LogP contribution in [0, 0.1) is 0 Å². The van der Waals surface area contributed by atoms with E-state index in [4.69, 9.17) is 4.74 Å². The summed E-state index contributed by atoms with van der Waals surface area (Å²) in [5, 5.41) is 0. The summed E-state index contributed by atoms with van der Waals surface area (Å²) >= 11 is 0. The number of carbonyl (C=O) groups is 2. The Morgan fingerprint density at radius 3 is 2.62 bits per heavy atom. The van der Waals surface area contributed by atoms with Crippen LogP contribution in [-0.2, 0) is 14.3 Å². The van der Waals surface area contributed by atoms with Gasteiger partial charge in [0.1, 0.15) is 12.6 Å². The molecule has 114 valence electrons. The highest BCUT2D eigenvalue weighted by Gasteiger charge is 2.30. The van der Waals surface area contributed by atoms with Crippen molar-refractivity contribution in [1.29, 1.82) is 0 Å². The number of rotatable bonds is 5. The van der Waals surface area contributed by atoms with Crippen LogP contribution in [0.5, 0.6) is 0 Å². The van der Waals surface area contributed by atoms with Crippen molar-refractivity contribution in [2.24, 2.45) is 0 Å². The minimum absolute atomic E-state index is 0.0523. The number of nitrogens with zero attached hydrogens (tertiary/aromatic N) is 2. The Morgan fingerprint density at radius 1 is 1.29 bits per heavy atom. The fraction of sp³-hybridized carbons (Fsp3) is 0.500. The summed E-state index contributed by atoms with van der Waals surface area (Å²) in [5.41, 5.74) is 0.880. The standard InChI is InChI=1S/C16H22N2O3/c1-3-11-21-13(2)16(20)17-9-10-18(15(19)12-17)14-7-5-4-6-8-14/h4-8,13H,3,9-12H2,1-2H3/t13-/m1/s1. The monoisotopic (exact) mass is 290 g/mol. The lowest BCUT2D eigenvalue weighted by Gasteiger charge is -2.35. The van der Waals surface area contributed by atoms with Crippen LogP contribution in [0.4, 0.5) is 5.69 Å².